The van der Waals surface area contributed by atoms with Crippen molar-refractivity contribution < 1.29 is 19.1 Å². The number of fused-ring (bicyclic) bond motifs is 1. The quantitative estimate of drug-likeness (QED) is 0.427. The second-order valence-electron chi connectivity index (χ2n) is 10.9. The molecule has 9 heteroatoms. The van der Waals surface area contributed by atoms with Crippen LogP contribution < -0.4 is 26.0 Å². The molecule has 4 atom stereocenters. The third-order valence-electron chi connectivity index (χ3n) is 7.66. The van der Waals surface area contributed by atoms with Crippen molar-refractivity contribution in [1.82, 2.24) is 21.3 Å². The maximum atomic E-state index is 13.2. The lowest BCUT2D eigenvalue weighted by Crippen LogP contribution is -2.49. The molecule has 0 spiro atoms. The van der Waals surface area contributed by atoms with Crippen molar-refractivity contribution in [2.75, 3.05) is 26.2 Å². The standard InChI is InChI=1S/C32H45ClN4O4/c1-4-22(2)30-32(40)35-16-8-7-14-29(38)37-27(21-24-10-9-11-25(33)20-24)31(39)36-17-15-23(3)26-12-5-6-13-28(26)41-19-18-34-30/h5-6,9-13,20,22-23,27,30,34H,4,7-8,14-19,21H2,1-3H3,(H,35,40)(H,36,39)(H,37,38)/t22?,23?,27-,30+/m1/s1. The van der Waals surface area contributed by atoms with Crippen molar-refractivity contribution in [2.24, 2.45) is 5.92 Å². The number of nitrogens with one attached hydrogen (secondary N) is 4. The van der Waals surface area contributed by atoms with Crippen molar-refractivity contribution in [1.29, 1.82) is 0 Å². The van der Waals surface area contributed by atoms with Crippen LogP contribution in [-0.2, 0) is 20.8 Å². The highest BCUT2D eigenvalue weighted by atomic mass is 35.5. The molecule has 1 aliphatic heterocycles. The zero-order chi connectivity index (χ0) is 29.6. The summed E-state index contributed by atoms with van der Waals surface area (Å²) >= 11 is 6.16. The van der Waals surface area contributed by atoms with E-state index in [9.17, 15) is 14.4 Å². The fourth-order valence-electron chi connectivity index (χ4n) is 4.98. The van der Waals surface area contributed by atoms with Crippen LogP contribution >= 0.6 is 11.6 Å². The summed E-state index contributed by atoms with van der Waals surface area (Å²) in [6.07, 6.45) is 3.45. The number of halogens is 1. The second kappa shape index (κ2) is 17.0. The number of rotatable bonds is 4. The van der Waals surface area contributed by atoms with Gasteiger partial charge in [0, 0.05) is 37.5 Å². The van der Waals surface area contributed by atoms with Gasteiger partial charge >= 0.3 is 0 Å². The van der Waals surface area contributed by atoms with Crippen LogP contribution in [0.5, 0.6) is 5.75 Å². The summed E-state index contributed by atoms with van der Waals surface area (Å²) < 4.78 is 6.14. The number of hydrogen-bond donors (Lipinski definition) is 4. The lowest BCUT2D eigenvalue weighted by Gasteiger charge is -2.24. The van der Waals surface area contributed by atoms with Gasteiger partial charge in [-0.15, -0.1) is 0 Å². The molecular weight excluding hydrogens is 540 g/mol. The third kappa shape index (κ3) is 10.7. The van der Waals surface area contributed by atoms with Crippen LogP contribution in [0.25, 0.3) is 0 Å². The van der Waals surface area contributed by atoms with Gasteiger partial charge in [-0.1, -0.05) is 69.1 Å². The molecule has 0 saturated heterocycles. The first-order valence-corrected chi connectivity index (χ1v) is 15.2. The first kappa shape index (κ1) is 32.4. The Bertz CT molecular complexity index is 1140. The minimum Gasteiger partial charge on any atom is -0.492 e. The topological polar surface area (TPSA) is 109 Å². The van der Waals surface area contributed by atoms with E-state index in [1.807, 2.05) is 42.5 Å². The van der Waals surface area contributed by atoms with E-state index < -0.39 is 6.04 Å². The van der Waals surface area contributed by atoms with E-state index >= 15 is 0 Å². The zero-order valence-corrected chi connectivity index (χ0v) is 25.3. The third-order valence-corrected chi connectivity index (χ3v) is 7.89. The van der Waals surface area contributed by atoms with Gasteiger partial charge in [0.25, 0.3) is 0 Å². The zero-order valence-electron chi connectivity index (χ0n) is 24.5. The van der Waals surface area contributed by atoms with Crippen LogP contribution in [0.2, 0.25) is 5.02 Å². The minimum atomic E-state index is -0.719. The highest BCUT2D eigenvalue weighted by molar-refractivity contribution is 6.30. The van der Waals surface area contributed by atoms with Gasteiger partial charge in [0.1, 0.15) is 18.4 Å². The van der Waals surface area contributed by atoms with E-state index in [1.165, 1.54) is 0 Å². The number of carbonyl (C=O) groups excluding carboxylic acids is 3. The molecule has 41 heavy (non-hydrogen) atoms. The first-order chi connectivity index (χ1) is 19.8. The number of benzene rings is 2. The average molecular weight is 585 g/mol. The Hall–Kier alpha value is -3.10. The Morgan fingerprint density at radius 3 is 2.54 bits per heavy atom. The monoisotopic (exact) mass is 584 g/mol. The maximum Gasteiger partial charge on any atom is 0.242 e. The van der Waals surface area contributed by atoms with E-state index in [1.54, 1.807) is 6.07 Å². The van der Waals surface area contributed by atoms with Crippen LogP contribution in [0.3, 0.4) is 0 Å². The molecule has 0 aromatic heterocycles. The summed E-state index contributed by atoms with van der Waals surface area (Å²) in [6, 6.07) is 14.2. The Morgan fingerprint density at radius 2 is 1.76 bits per heavy atom. The van der Waals surface area contributed by atoms with Crippen molar-refractivity contribution in [3.8, 4) is 5.75 Å². The van der Waals surface area contributed by atoms with Gasteiger partial charge in [-0.2, -0.15) is 0 Å². The van der Waals surface area contributed by atoms with Gasteiger partial charge in [-0.25, -0.2) is 0 Å². The predicted molar refractivity (Wildman–Crippen MR) is 163 cm³/mol. The van der Waals surface area contributed by atoms with Gasteiger partial charge in [-0.3, -0.25) is 14.4 Å². The molecule has 3 amide bonds. The molecule has 3 rings (SSSR count). The van der Waals surface area contributed by atoms with Crippen molar-refractivity contribution in [3.63, 3.8) is 0 Å². The van der Waals surface area contributed by atoms with Crippen molar-refractivity contribution in [3.05, 3.63) is 64.7 Å². The predicted octanol–water partition coefficient (Wildman–Crippen LogP) is 4.36. The summed E-state index contributed by atoms with van der Waals surface area (Å²) in [5.41, 5.74) is 1.93. The molecule has 2 unspecified atom stereocenters. The Labute approximate surface area is 249 Å². The molecular formula is C32H45ClN4O4. The summed E-state index contributed by atoms with van der Waals surface area (Å²) in [5.74, 6) is 0.638. The molecule has 1 heterocycles. The number of ether oxygens (including phenoxy) is 1. The van der Waals surface area contributed by atoms with Gasteiger partial charge < -0.3 is 26.0 Å². The van der Waals surface area contributed by atoms with Crippen LogP contribution in [0, 0.1) is 5.92 Å². The van der Waals surface area contributed by atoms with E-state index in [0.717, 1.165) is 23.3 Å². The molecule has 0 aliphatic carbocycles. The fraction of sp³-hybridized carbons (Fsp3) is 0.531. The number of para-hydroxylation sites is 1. The smallest absolute Gasteiger partial charge is 0.242 e. The first-order valence-electron chi connectivity index (χ1n) is 14.8. The Morgan fingerprint density at radius 1 is 0.976 bits per heavy atom. The second-order valence-corrected chi connectivity index (χ2v) is 11.3. The molecule has 0 saturated carbocycles. The highest BCUT2D eigenvalue weighted by Crippen LogP contribution is 2.28. The van der Waals surface area contributed by atoms with Gasteiger partial charge in [0.2, 0.25) is 17.7 Å². The fourth-order valence-corrected chi connectivity index (χ4v) is 5.19. The summed E-state index contributed by atoms with van der Waals surface area (Å²) in [4.78, 5) is 39.0. The van der Waals surface area contributed by atoms with E-state index in [0.29, 0.717) is 56.9 Å². The molecule has 0 bridgehead atoms. The molecule has 2 aromatic rings. The SMILES string of the molecule is CCC(C)[C@@H]1NCCOc2ccccc2C(C)CCNC(=O)[C@@H](Cc2cccc(Cl)c2)NC(=O)CCCCNC1=O. The lowest BCUT2D eigenvalue weighted by molar-refractivity contribution is -0.129. The van der Waals surface area contributed by atoms with Crippen LogP contribution in [0.1, 0.15) is 69.9 Å². The Kier molecular flexibility index (Phi) is 13.4. The molecule has 0 radical (unpaired) electrons. The van der Waals surface area contributed by atoms with E-state index in [2.05, 4.69) is 42.0 Å². The van der Waals surface area contributed by atoms with E-state index in [-0.39, 0.29) is 42.0 Å². The van der Waals surface area contributed by atoms with Crippen LogP contribution in [0.15, 0.2) is 48.5 Å². The molecule has 224 valence electrons. The summed E-state index contributed by atoms with van der Waals surface area (Å²) in [6.45, 7) is 8.16. The minimum absolute atomic E-state index is 0.0398. The van der Waals surface area contributed by atoms with Crippen molar-refractivity contribution in [2.45, 2.75) is 77.3 Å². The van der Waals surface area contributed by atoms with E-state index in [4.69, 9.17) is 16.3 Å². The summed E-state index contributed by atoms with van der Waals surface area (Å²) in [7, 11) is 0. The maximum absolute atomic E-state index is 13.2. The molecule has 4 N–H and O–H groups in total. The average Bonchev–Trinajstić information content (AvgIpc) is 2.95. The molecule has 1 aliphatic rings. The van der Waals surface area contributed by atoms with Gasteiger partial charge in [0.15, 0.2) is 0 Å². The largest absolute Gasteiger partial charge is 0.492 e. The van der Waals surface area contributed by atoms with Crippen LogP contribution in [0.4, 0.5) is 0 Å². The van der Waals surface area contributed by atoms with Gasteiger partial charge in [-0.05, 0) is 60.4 Å². The molecule has 0 fully saturated rings. The number of carbonyl (C=O) groups is 3. The molecule has 2 aromatic carbocycles. The Balaban J connectivity index is 1.75. The van der Waals surface area contributed by atoms with Crippen LogP contribution in [-0.4, -0.2) is 56.0 Å². The van der Waals surface area contributed by atoms with Gasteiger partial charge in [0.05, 0.1) is 6.04 Å². The molecule has 8 nitrogen and oxygen atoms in total. The normalized spacial score (nSPS) is 23.0. The lowest BCUT2D eigenvalue weighted by atomic mass is 9.96. The van der Waals surface area contributed by atoms with Crippen molar-refractivity contribution >= 4 is 29.3 Å². The number of hydrogen-bond acceptors (Lipinski definition) is 5. The summed E-state index contributed by atoms with van der Waals surface area (Å²) in [5, 5.41) is 12.9. The highest BCUT2D eigenvalue weighted by Gasteiger charge is 2.24. The number of amides is 3.